The van der Waals surface area contributed by atoms with E-state index in [0.717, 1.165) is 55.8 Å². The van der Waals surface area contributed by atoms with Gasteiger partial charge in [-0.05, 0) is 75.8 Å². The number of rotatable bonds is 9. The molecule has 0 bridgehead atoms. The fraction of sp³-hybridized carbons (Fsp3) is 0.480. The Bertz CT molecular complexity index is 767. The Balaban J connectivity index is 1.34. The summed E-state index contributed by atoms with van der Waals surface area (Å²) >= 11 is 0. The van der Waals surface area contributed by atoms with Gasteiger partial charge in [-0.3, -0.25) is 0 Å². The maximum absolute atomic E-state index is 12.3. The summed E-state index contributed by atoms with van der Waals surface area (Å²) in [6.45, 7) is 6.68. The van der Waals surface area contributed by atoms with Crippen molar-refractivity contribution < 1.29 is 19.0 Å². The molecule has 0 aromatic heterocycles. The van der Waals surface area contributed by atoms with Crippen molar-refractivity contribution in [1.82, 2.24) is 4.90 Å². The smallest absolute Gasteiger partial charge is 0.410 e. The molecule has 2 aromatic carbocycles. The number of amides is 1. The number of hydrogen-bond donors (Lipinski definition) is 0. The van der Waals surface area contributed by atoms with Crippen molar-refractivity contribution in [1.29, 1.82) is 0 Å². The van der Waals surface area contributed by atoms with E-state index in [4.69, 9.17) is 14.2 Å². The normalized spacial score (nSPS) is 14.3. The Morgan fingerprint density at radius 3 is 2.20 bits per heavy atom. The number of carbonyl (C=O) groups excluding carboxylic acids is 1. The molecule has 2 aromatic rings. The summed E-state index contributed by atoms with van der Waals surface area (Å²) in [6.07, 6.45) is 4.72. The molecule has 0 radical (unpaired) electrons. The van der Waals surface area contributed by atoms with Crippen molar-refractivity contribution in [3.8, 4) is 11.5 Å². The van der Waals surface area contributed by atoms with Gasteiger partial charge in [0.1, 0.15) is 23.7 Å². The van der Waals surface area contributed by atoms with Crippen LogP contribution in [0.1, 0.15) is 51.5 Å². The zero-order valence-corrected chi connectivity index (χ0v) is 18.1. The first-order valence-electron chi connectivity index (χ1n) is 10.9. The second-order valence-corrected chi connectivity index (χ2v) is 8.37. The molecule has 162 valence electrons. The van der Waals surface area contributed by atoms with Crippen molar-refractivity contribution in [3.05, 3.63) is 60.2 Å². The molecule has 1 aliphatic heterocycles. The molecule has 0 N–H and O–H groups in total. The van der Waals surface area contributed by atoms with Crippen LogP contribution >= 0.6 is 0 Å². The van der Waals surface area contributed by atoms with Gasteiger partial charge in [0.2, 0.25) is 0 Å². The highest BCUT2D eigenvalue weighted by molar-refractivity contribution is 5.68. The topological polar surface area (TPSA) is 48.0 Å². The van der Waals surface area contributed by atoms with Crippen LogP contribution < -0.4 is 9.47 Å². The second kappa shape index (κ2) is 10.9. The first-order valence-corrected chi connectivity index (χ1v) is 10.9. The molecule has 5 heteroatoms. The average Bonchev–Trinajstić information content (AvgIpc) is 2.77. The fourth-order valence-corrected chi connectivity index (χ4v) is 3.49. The minimum Gasteiger partial charge on any atom is -0.494 e. The molecule has 1 amide bonds. The van der Waals surface area contributed by atoms with E-state index in [1.165, 1.54) is 6.42 Å². The van der Waals surface area contributed by atoms with Crippen molar-refractivity contribution in [2.75, 3.05) is 19.7 Å². The van der Waals surface area contributed by atoms with Crippen LogP contribution in [0.5, 0.6) is 11.5 Å². The Hall–Kier alpha value is -2.69. The molecule has 1 aliphatic rings. The van der Waals surface area contributed by atoms with Crippen molar-refractivity contribution >= 4 is 6.09 Å². The minimum absolute atomic E-state index is 0.188. The maximum atomic E-state index is 12.3. The van der Waals surface area contributed by atoms with Crippen LogP contribution in [-0.2, 0) is 11.3 Å². The molecule has 0 unspecified atom stereocenters. The molecular formula is C25H33NO4. The zero-order valence-electron chi connectivity index (χ0n) is 18.1. The summed E-state index contributed by atoms with van der Waals surface area (Å²) in [5, 5.41) is 0. The lowest BCUT2D eigenvalue weighted by Crippen LogP contribution is -2.40. The number of hydrogen-bond acceptors (Lipinski definition) is 4. The number of likely N-dealkylation sites (tertiary alicyclic amines) is 1. The van der Waals surface area contributed by atoms with E-state index in [-0.39, 0.29) is 6.09 Å². The molecule has 1 heterocycles. The van der Waals surface area contributed by atoms with Crippen LogP contribution in [0, 0.1) is 0 Å². The van der Waals surface area contributed by atoms with E-state index in [0.29, 0.717) is 13.2 Å². The number of benzene rings is 2. The highest BCUT2D eigenvalue weighted by Crippen LogP contribution is 2.22. The van der Waals surface area contributed by atoms with E-state index >= 15 is 0 Å². The first-order chi connectivity index (χ1) is 14.5. The minimum atomic E-state index is -0.493. The number of carbonyl (C=O) groups is 1. The summed E-state index contributed by atoms with van der Waals surface area (Å²) in [7, 11) is 0. The van der Waals surface area contributed by atoms with Gasteiger partial charge in [0.25, 0.3) is 0 Å². The lowest BCUT2D eigenvalue weighted by molar-refractivity contribution is 0.00276. The quantitative estimate of drug-likeness (QED) is 0.487. The predicted octanol–water partition coefficient (Wildman–Crippen LogP) is 5.83. The largest absolute Gasteiger partial charge is 0.494 e. The van der Waals surface area contributed by atoms with Gasteiger partial charge in [-0.2, -0.15) is 0 Å². The van der Waals surface area contributed by atoms with Crippen LogP contribution in [0.25, 0.3) is 0 Å². The highest BCUT2D eigenvalue weighted by atomic mass is 16.6. The van der Waals surface area contributed by atoms with Gasteiger partial charge in [-0.15, -0.1) is 0 Å². The molecule has 0 atom stereocenters. The average molecular weight is 412 g/mol. The third kappa shape index (κ3) is 7.29. The molecule has 30 heavy (non-hydrogen) atoms. The van der Waals surface area contributed by atoms with Gasteiger partial charge in [-0.1, -0.05) is 30.3 Å². The van der Waals surface area contributed by atoms with E-state index in [1.807, 2.05) is 73.3 Å². The first kappa shape index (κ1) is 22.0. The van der Waals surface area contributed by atoms with Gasteiger partial charge < -0.3 is 19.1 Å². The molecule has 0 aliphatic carbocycles. The van der Waals surface area contributed by atoms with E-state index in [9.17, 15) is 4.79 Å². The van der Waals surface area contributed by atoms with Crippen LogP contribution in [0.2, 0.25) is 0 Å². The zero-order chi connectivity index (χ0) is 21.2. The predicted molar refractivity (Wildman–Crippen MR) is 118 cm³/mol. The summed E-state index contributed by atoms with van der Waals surface area (Å²) in [4.78, 5) is 14.1. The van der Waals surface area contributed by atoms with Crippen LogP contribution in [0.15, 0.2) is 54.6 Å². The summed E-state index contributed by atoms with van der Waals surface area (Å²) < 4.78 is 17.4. The van der Waals surface area contributed by atoms with Crippen molar-refractivity contribution in [2.24, 2.45) is 0 Å². The molecule has 3 rings (SSSR count). The molecule has 5 nitrogen and oxygen atoms in total. The van der Waals surface area contributed by atoms with E-state index in [1.54, 1.807) is 0 Å². The number of nitrogens with zero attached hydrogens (tertiary/aromatic N) is 1. The van der Waals surface area contributed by atoms with E-state index < -0.39 is 5.60 Å². The standard InChI is InChI=1S/C25H33NO4/c1-25(2,30-24(27)26-17-7-4-8-18-26)16-9-19-28-22-12-14-23(15-13-22)29-20-21-10-5-3-6-11-21/h3,5-6,10-15H,4,7-9,16-20H2,1-2H3. The SMILES string of the molecule is CC(C)(CCCOc1ccc(OCc2ccccc2)cc1)OC(=O)N1CCCCC1. The molecule has 0 saturated carbocycles. The van der Waals surface area contributed by atoms with Crippen molar-refractivity contribution in [2.45, 2.75) is 58.2 Å². The third-order valence-electron chi connectivity index (χ3n) is 5.24. The number of piperidine rings is 1. The third-order valence-corrected chi connectivity index (χ3v) is 5.24. The lowest BCUT2D eigenvalue weighted by Gasteiger charge is -2.31. The Morgan fingerprint density at radius 2 is 1.53 bits per heavy atom. The van der Waals surface area contributed by atoms with Crippen LogP contribution in [-0.4, -0.2) is 36.3 Å². The molecular weight excluding hydrogens is 378 g/mol. The Labute approximate surface area is 179 Å². The van der Waals surface area contributed by atoms with Gasteiger partial charge in [0, 0.05) is 13.1 Å². The number of ether oxygens (including phenoxy) is 3. The summed E-state index contributed by atoms with van der Waals surface area (Å²) in [5.41, 5.74) is 0.647. The fourth-order valence-electron chi connectivity index (χ4n) is 3.49. The van der Waals surface area contributed by atoms with E-state index in [2.05, 4.69) is 0 Å². The molecule has 1 saturated heterocycles. The molecule has 0 spiro atoms. The summed E-state index contributed by atoms with van der Waals surface area (Å²) in [6, 6.07) is 17.8. The Kier molecular flexibility index (Phi) is 8.00. The maximum Gasteiger partial charge on any atom is 0.410 e. The Morgan fingerprint density at radius 1 is 0.900 bits per heavy atom. The van der Waals surface area contributed by atoms with Gasteiger partial charge in [0.05, 0.1) is 6.61 Å². The van der Waals surface area contributed by atoms with Crippen LogP contribution in [0.4, 0.5) is 4.79 Å². The van der Waals surface area contributed by atoms with Gasteiger partial charge in [0.15, 0.2) is 0 Å². The van der Waals surface area contributed by atoms with Gasteiger partial charge in [-0.25, -0.2) is 4.79 Å². The van der Waals surface area contributed by atoms with Crippen molar-refractivity contribution in [3.63, 3.8) is 0 Å². The van der Waals surface area contributed by atoms with Gasteiger partial charge >= 0.3 is 6.09 Å². The summed E-state index contributed by atoms with van der Waals surface area (Å²) in [5.74, 6) is 1.63. The lowest BCUT2D eigenvalue weighted by atomic mass is 10.0. The monoisotopic (exact) mass is 411 g/mol. The molecule has 1 fully saturated rings. The highest BCUT2D eigenvalue weighted by Gasteiger charge is 2.26. The van der Waals surface area contributed by atoms with Crippen LogP contribution in [0.3, 0.4) is 0 Å². The second-order valence-electron chi connectivity index (χ2n) is 8.37.